The SMILES string of the molecule is CCOc1ccc(/C=N\NC(=S)NC23CC4CC(CC(C4)C2)C3)cc1OCC. The molecular weight excluding hydrogens is 370 g/mol. The molecule has 4 fully saturated rings. The Balaban J connectivity index is 1.34. The van der Waals surface area contributed by atoms with E-state index in [9.17, 15) is 0 Å². The molecule has 4 aliphatic carbocycles. The van der Waals surface area contributed by atoms with Crippen LogP contribution in [0.2, 0.25) is 0 Å². The molecule has 0 aliphatic heterocycles. The van der Waals surface area contributed by atoms with Gasteiger partial charge in [-0.15, -0.1) is 0 Å². The van der Waals surface area contributed by atoms with Crippen LogP contribution in [0.25, 0.3) is 0 Å². The third-order valence-electron chi connectivity index (χ3n) is 6.36. The van der Waals surface area contributed by atoms with Crippen LogP contribution in [0.4, 0.5) is 0 Å². The second-order valence-electron chi connectivity index (χ2n) is 8.59. The first kappa shape index (κ1) is 19.5. The number of benzene rings is 1. The molecule has 0 aromatic heterocycles. The molecule has 28 heavy (non-hydrogen) atoms. The fourth-order valence-electron chi connectivity index (χ4n) is 5.85. The van der Waals surface area contributed by atoms with E-state index in [0.29, 0.717) is 18.3 Å². The van der Waals surface area contributed by atoms with E-state index in [-0.39, 0.29) is 5.54 Å². The number of nitrogens with zero attached hydrogens (tertiary/aromatic N) is 1. The lowest BCUT2D eigenvalue weighted by atomic mass is 9.53. The van der Waals surface area contributed by atoms with E-state index in [2.05, 4.69) is 15.8 Å². The third-order valence-corrected chi connectivity index (χ3v) is 6.56. The van der Waals surface area contributed by atoms with Crippen LogP contribution in [0.15, 0.2) is 23.3 Å². The van der Waals surface area contributed by atoms with Crippen molar-refractivity contribution >= 4 is 23.5 Å². The van der Waals surface area contributed by atoms with Gasteiger partial charge in [-0.3, -0.25) is 5.43 Å². The Labute approximate surface area is 173 Å². The molecular formula is C22H31N3O2S. The summed E-state index contributed by atoms with van der Waals surface area (Å²) in [5.41, 5.74) is 4.16. The lowest BCUT2D eigenvalue weighted by Crippen LogP contribution is -2.61. The minimum atomic E-state index is 0.204. The van der Waals surface area contributed by atoms with Gasteiger partial charge in [-0.1, -0.05) is 0 Å². The van der Waals surface area contributed by atoms with Crippen LogP contribution in [0, 0.1) is 17.8 Å². The fourth-order valence-corrected chi connectivity index (χ4v) is 6.12. The standard InChI is InChI=1S/C22H31N3O2S/c1-3-26-19-6-5-15(10-20(19)27-4-2)14-23-25-21(28)24-22-11-16-7-17(12-22)9-18(8-16)13-22/h5-6,10,14,16-18H,3-4,7-9,11-13H2,1-2H3,(H2,24,25,28)/b23-14-. The molecule has 4 bridgehead atoms. The van der Waals surface area contributed by atoms with Crippen LogP contribution < -0.4 is 20.2 Å². The maximum absolute atomic E-state index is 5.67. The summed E-state index contributed by atoms with van der Waals surface area (Å²) in [6.45, 7) is 5.14. The van der Waals surface area contributed by atoms with Crippen molar-refractivity contribution in [3.05, 3.63) is 23.8 Å². The van der Waals surface area contributed by atoms with E-state index in [4.69, 9.17) is 21.7 Å². The smallest absolute Gasteiger partial charge is 0.187 e. The molecule has 0 saturated heterocycles. The van der Waals surface area contributed by atoms with Crippen LogP contribution in [-0.2, 0) is 0 Å². The zero-order valence-corrected chi connectivity index (χ0v) is 17.7. The summed E-state index contributed by atoms with van der Waals surface area (Å²) in [7, 11) is 0. The molecule has 0 amide bonds. The Bertz CT molecular complexity index is 714. The van der Waals surface area contributed by atoms with E-state index in [1.54, 1.807) is 6.21 Å². The Morgan fingerprint density at radius 1 is 1.07 bits per heavy atom. The lowest BCUT2D eigenvalue weighted by molar-refractivity contribution is -0.0101. The Morgan fingerprint density at radius 3 is 2.29 bits per heavy atom. The summed E-state index contributed by atoms with van der Waals surface area (Å²) in [6, 6.07) is 5.82. The lowest BCUT2D eigenvalue weighted by Gasteiger charge is -2.57. The van der Waals surface area contributed by atoms with Crippen molar-refractivity contribution in [2.24, 2.45) is 22.9 Å². The average molecular weight is 402 g/mol. The molecule has 4 aliphatic rings. The number of nitrogens with one attached hydrogen (secondary N) is 2. The average Bonchev–Trinajstić information content (AvgIpc) is 2.62. The van der Waals surface area contributed by atoms with Crippen molar-refractivity contribution in [3.63, 3.8) is 0 Å². The number of ether oxygens (including phenoxy) is 2. The summed E-state index contributed by atoms with van der Waals surface area (Å²) in [5.74, 6) is 4.18. The van der Waals surface area contributed by atoms with Gasteiger partial charge in [-0.2, -0.15) is 5.10 Å². The van der Waals surface area contributed by atoms with Gasteiger partial charge >= 0.3 is 0 Å². The minimum absolute atomic E-state index is 0.204. The molecule has 2 N–H and O–H groups in total. The number of hydrazone groups is 1. The molecule has 0 spiro atoms. The van der Waals surface area contributed by atoms with Crippen molar-refractivity contribution < 1.29 is 9.47 Å². The van der Waals surface area contributed by atoms with Gasteiger partial charge < -0.3 is 14.8 Å². The summed E-state index contributed by atoms with van der Waals surface area (Å²) < 4.78 is 11.3. The van der Waals surface area contributed by atoms with E-state index in [1.807, 2.05) is 32.0 Å². The fraction of sp³-hybridized carbons (Fsp3) is 0.636. The topological polar surface area (TPSA) is 54.9 Å². The van der Waals surface area contributed by atoms with Crippen molar-refractivity contribution in [3.8, 4) is 11.5 Å². The Kier molecular flexibility index (Phi) is 5.76. The van der Waals surface area contributed by atoms with E-state index in [1.165, 1.54) is 38.5 Å². The van der Waals surface area contributed by atoms with E-state index < -0.39 is 0 Å². The second kappa shape index (κ2) is 8.27. The highest BCUT2D eigenvalue weighted by Gasteiger charge is 2.51. The molecule has 0 atom stereocenters. The molecule has 1 aromatic carbocycles. The number of hydrogen-bond acceptors (Lipinski definition) is 4. The van der Waals surface area contributed by atoms with Crippen molar-refractivity contribution in [2.45, 2.75) is 57.9 Å². The quantitative estimate of drug-likeness (QED) is 0.406. The van der Waals surface area contributed by atoms with Gasteiger partial charge in [0.1, 0.15) is 0 Å². The summed E-state index contributed by atoms with van der Waals surface area (Å²) in [6.07, 6.45) is 9.85. The summed E-state index contributed by atoms with van der Waals surface area (Å²) >= 11 is 5.55. The van der Waals surface area contributed by atoms with Gasteiger partial charge in [0.2, 0.25) is 0 Å². The highest BCUT2D eigenvalue weighted by Crippen LogP contribution is 2.55. The molecule has 0 radical (unpaired) electrons. The maximum Gasteiger partial charge on any atom is 0.187 e. The highest BCUT2D eigenvalue weighted by molar-refractivity contribution is 7.80. The normalized spacial score (nSPS) is 30.4. The number of rotatable bonds is 7. The van der Waals surface area contributed by atoms with Crippen LogP contribution in [0.1, 0.15) is 57.9 Å². The first-order valence-corrected chi connectivity index (χ1v) is 11.0. The number of thiocarbonyl (C=S) groups is 1. The van der Waals surface area contributed by atoms with Crippen molar-refractivity contribution in [1.29, 1.82) is 0 Å². The van der Waals surface area contributed by atoms with Crippen LogP contribution in [0.5, 0.6) is 11.5 Å². The van der Waals surface area contributed by atoms with Crippen molar-refractivity contribution in [2.75, 3.05) is 13.2 Å². The first-order chi connectivity index (χ1) is 13.6. The molecule has 6 heteroatoms. The second-order valence-corrected chi connectivity index (χ2v) is 9.00. The largest absolute Gasteiger partial charge is 0.490 e. The molecule has 5 rings (SSSR count). The van der Waals surface area contributed by atoms with Gasteiger partial charge in [0.05, 0.1) is 19.4 Å². The Hall–Kier alpha value is -1.82. The van der Waals surface area contributed by atoms with E-state index in [0.717, 1.165) is 34.8 Å². The first-order valence-electron chi connectivity index (χ1n) is 10.6. The molecule has 1 aromatic rings. The molecule has 5 nitrogen and oxygen atoms in total. The van der Waals surface area contributed by atoms with Gasteiger partial charge in [-0.25, -0.2) is 0 Å². The van der Waals surface area contributed by atoms with E-state index >= 15 is 0 Å². The highest BCUT2D eigenvalue weighted by atomic mass is 32.1. The van der Waals surface area contributed by atoms with Gasteiger partial charge in [0.15, 0.2) is 16.6 Å². The van der Waals surface area contributed by atoms with Gasteiger partial charge in [0, 0.05) is 5.54 Å². The monoisotopic (exact) mass is 401 g/mol. The minimum Gasteiger partial charge on any atom is -0.490 e. The zero-order chi connectivity index (χ0) is 19.6. The predicted molar refractivity (Wildman–Crippen MR) is 116 cm³/mol. The van der Waals surface area contributed by atoms with Crippen LogP contribution in [-0.4, -0.2) is 30.1 Å². The Morgan fingerprint density at radius 2 is 1.68 bits per heavy atom. The molecule has 0 heterocycles. The van der Waals surface area contributed by atoms with Gasteiger partial charge in [0.25, 0.3) is 0 Å². The third kappa shape index (κ3) is 4.27. The molecule has 0 unspecified atom stereocenters. The molecule has 4 saturated carbocycles. The number of hydrogen-bond donors (Lipinski definition) is 2. The maximum atomic E-state index is 5.67. The zero-order valence-electron chi connectivity index (χ0n) is 16.9. The molecule has 152 valence electrons. The summed E-state index contributed by atoms with van der Waals surface area (Å²) in [5, 5.41) is 8.61. The summed E-state index contributed by atoms with van der Waals surface area (Å²) in [4.78, 5) is 0. The van der Waals surface area contributed by atoms with Gasteiger partial charge in [-0.05, 0) is 106 Å². The predicted octanol–water partition coefficient (Wildman–Crippen LogP) is 4.25. The van der Waals surface area contributed by atoms with Crippen LogP contribution >= 0.6 is 12.2 Å². The van der Waals surface area contributed by atoms with Crippen molar-refractivity contribution in [1.82, 2.24) is 10.7 Å². The van der Waals surface area contributed by atoms with Crippen LogP contribution in [0.3, 0.4) is 0 Å².